The Labute approximate surface area is 166 Å². The Bertz CT molecular complexity index is 855. The van der Waals surface area contributed by atoms with Gasteiger partial charge >= 0.3 is 0 Å². The summed E-state index contributed by atoms with van der Waals surface area (Å²) in [6.07, 6.45) is 2.85. The molecule has 0 fully saturated rings. The molecule has 0 spiro atoms. The molecule has 0 atom stereocenters. The van der Waals surface area contributed by atoms with E-state index in [1.165, 1.54) is 24.0 Å². The number of hydrogen-bond acceptors (Lipinski definition) is 5. The monoisotopic (exact) mass is 405 g/mol. The number of guanidine groups is 1. The molecule has 2 N–H and O–H groups in total. The van der Waals surface area contributed by atoms with E-state index in [4.69, 9.17) is 4.74 Å². The Morgan fingerprint density at radius 2 is 1.96 bits per heavy atom. The van der Waals surface area contributed by atoms with Gasteiger partial charge in [0.1, 0.15) is 17.3 Å². The molecular weight excluding hydrogens is 378 g/mol. The second-order valence-electron chi connectivity index (χ2n) is 6.14. The number of nitrogens with zero attached hydrogens (tertiary/aromatic N) is 3. The Kier molecular flexibility index (Phi) is 8.21. The zero-order valence-electron chi connectivity index (χ0n) is 16.4. The fraction of sp³-hybridized carbons (Fsp3) is 0.368. The molecule has 0 aliphatic heterocycles. The third-order valence-electron chi connectivity index (χ3n) is 3.93. The van der Waals surface area contributed by atoms with Crippen LogP contribution in [0, 0.1) is 6.92 Å². The van der Waals surface area contributed by atoms with E-state index in [2.05, 4.69) is 20.0 Å². The molecule has 8 nitrogen and oxygen atoms in total. The van der Waals surface area contributed by atoms with E-state index in [0.29, 0.717) is 25.7 Å². The van der Waals surface area contributed by atoms with E-state index < -0.39 is 10.0 Å². The largest absolute Gasteiger partial charge is 0.492 e. The van der Waals surface area contributed by atoms with Crippen LogP contribution >= 0.6 is 0 Å². The van der Waals surface area contributed by atoms with E-state index in [1.54, 1.807) is 13.1 Å². The molecule has 0 saturated heterocycles. The zero-order chi connectivity index (χ0) is 20.4. The number of ether oxygens (including phenoxy) is 1. The first kappa shape index (κ1) is 21.6. The summed E-state index contributed by atoms with van der Waals surface area (Å²) >= 11 is 0. The molecule has 0 bridgehead atoms. The van der Waals surface area contributed by atoms with Gasteiger partial charge in [-0.25, -0.2) is 13.1 Å². The van der Waals surface area contributed by atoms with Crippen LogP contribution < -0.4 is 14.8 Å². The molecule has 0 amide bonds. The van der Waals surface area contributed by atoms with Crippen molar-refractivity contribution in [2.24, 2.45) is 4.99 Å². The summed E-state index contributed by atoms with van der Waals surface area (Å²) in [7, 11) is 0.0174. The number of pyridine rings is 1. The van der Waals surface area contributed by atoms with Gasteiger partial charge in [0.05, 0.1) is 6.54 Å². The van der Waals surface area contributed by atoms with Crippen LogP contribution in [0.25, 0.3) is 0 Å². The van der Waals surface area contributed by atoms with Crippen LogP contribution in [-0.2, 0) is 10.0 Å². The molecule has 9 heteroatoms. The molecule has 0 radical (unpaired) electrons. The highest BCUT2D eigenvalue weighted by Crippen LogP contribution is 2.11. The predicted molar refractivity (Wildman–Crippen MR) is 110 cm³/mol. The third-order valence-corrected chi connectivity index (χ3v) is 5.38. The van der Waals surface area contributed by atoms with E-state index in [9.17, 15) is 8.42 Å². The molecule has 1 heterocycles. The summed E-state index contributed by atoms with van der Waals surface area (Å²) in [4.78, 5) is 10.1. The van der Waals surface area contributed by atoms with E-state index in [0.717, 1.165) is 5.75 Å². The lowest BCUT2D eigenvalue weighted by molar-refractivity contribution is 0.281. The molecule has 0 aliphatic carbocycles. The number of nitrogens with one attached hydrogen (secondary N) is 2. The number of benzene rings is 1. The first-order chi connectivity index (χ1) is 13.4. The van der Waals surface area contributed by atoms with Crippen molar-refractivity contribution in [3.8, 4) is 5.75 Å². The van der Waals surface area contributed by atoms with Crippen molar-refractivity contribution in [2.45, 2.75) is 11.8 Å². The van der Waals surface area contributed by atoms with Crippen molar-refractivity contribution in [2.75, 3.05) is 40.3 Å². The Balaban J connectivity index is 1.72. The van der Waals surface area contributed by atoms with Gasteiger partial charge in [0.25, 0.3) is 0 Å². The van der Waals surface area contributed by atoms with Crippen LogP contribution in [0.4, 0.5) is 0 Å². The highest BCUT2D eigenvalue weighted by Gasteiger charge is 2.13. The summed E-state index contributed by atoms with van der Waals surface area (Å²) in [5.74, 6) is 1.49. The number of rotatable bonds is 9. The second kappa shape index (κ2) is 10.6. The topological polar surface area (TPSA) is 95.9 Å². The normalized spacial score (nSPS) is 11.9. The molecule has 2 aromatic rings. The summed E-state index contributed by atoms with van der Waals surface area (Å²) in [5, 5.41) is 3.13. The van der Waals surface area contributed by atoms with Gasteiger partial charge in [-0.05, 0) is 31.2 Å². The number of hydrogen-bond donors (Lipinski definition) is 2. The van der Waals surface area contributed by atoms with Crippen LogP contribution in [0.1, 0.15) is 5.56 Å². The van der Waals surface area contributed by atoms with Gasteiger partial charge in [-0.3, -0.25) is 9.98 Å². The maximum Gasteiger partial charge on any atom is 0.242 e. The van der Waals surface area contributed by atoms with Crippen LogP contribution in [0.15, 0.2) is 58.7 Å². The smallest absolute Gasteiger partial charge is 0.242 e. The van der Waals surface area contributed by atoms with Gasteiger partial charge in [-0.15, -0.1) is 0 Å². The first-order valence-corrected chi connectivity index (χ1v) is 10.4. The summed E-state index contributed by atoms with van der Waals surface area (Å²) in [6, 6.07) is 11.0. The molecule has 1 aromatic heterocycles. The molecule has 2 rings (SSSR count). The van der Waals surface area contributed by atoms with Crippen LogP contribution in [0.2, 0.25) is 0 Å². The van der Waals surface area contributed by atoms with Gasteiger partial charge in [0, 0.05) is 39.6 Å². The second-order valence-corrected chi connectivity index (χ2v) is 7.91. The number of aryl methyl sites for hydroxylation is 1. The van der Waals surface area contributed by atoms with Crippen molar-refractivity contribution in [3.63, 3.8) is 0 Å². The minimum absolute atomic E-state index is 0.143. The highest BCUT2D eigenvalue weighted by atomic mass is 32.2. The Morgan fingerprint density at radius 1 is 1.21 bits per heavy atom. The van der Waals surface area contributed by atoms with E-state index in [1.807, 2.05) is 43.1 Å². The Morgan fingerprint density at radius 3 is 2.61 bits per heavy atom. The Hall–Kier alpha value is -2.65. The highest BCUT2D eigenvalue weighted by molar-refractivity contribution is 7.89. The van der Waals surface area contributed by atoms with Gasteiger partial charge in [-0.1, -0.05) is 17.7 Å². The van der Waals surface area contributed by atoms with Crippen molar-refractivity contribution < 1.29 is 13.2 Å². The molecule has 0 saturated carbocycles. The van der Waals surface area contributed by atoms with Gasteiger partial charge < -0.3 is 15.0 Å². The van der Waals surface area contributed by atoms with Crippen LogP contribution in [0.5, 0.6) is 5.75 Å². The lowest BCUT2D eigenvalue weighted by atomic mass is 10.2. The van der Waals surface area contributed by atoms with Crippen LogP contribution in [0.3, 0.4) is 0 Å². The molecule has 0 aliphatic rings. The molecule has 1 aromatic carbocycles. The molecular formula is C19H27N5O3S. The fourth-order valence-electron chi connectivity index (χ4n) is 2.37. The zero-order valence-corrected chi connectivity index (χ0v) is 17.2. The SMILES string of the molecule is CN=C(NCCNS(=O)(=O)c1cccnc1)N(C)CCOc1ccc(C)cc1. The van der Waals surface area contributed by atoms with E-state index in [-0.39, 0.29) is 11.4 Å². The number of aromatic nitrogens is 1. The van der Waals surface area contributed by atoms with Crippen LogP contribution in [-0.4, -0.2) is 64.6 Å². The average Bonchev–Trinajstić information content (AvgIpc) is 2.70. The first-order valence-electron chi connectivity index (χ1n) is 8.93. The maximum absolute atomic E-state index is 12.1. The number of likely N-dealkylation sites (N-methyl/N-ethyl adjacent to an activating group) is 1. The van der Waals surface area contributed by atoms with Crippen molar-refractivity contribution in [1.29, 1.82) is 0 Å². The van der Waals surface area contributed by atoms with Crippen molar-refractivity contribution in [1.82, 2.24) is 19.9 Å². The number of aliphatic imine (C=N–C) groups is 1. The molecule has 0 unspecified atom stereocenters. The lowest BCUT2D eigenvalue weighted by Crippen LogP contribution is -2.43. The van der Waals surface area contributed by atoms with Gasteiger partial charge in [-0.2, -0.15) is 0 Å². The summed E-state index contributed by atoms with van der Waals surface area (Å²) in [5.41, 5.74) is 1.19. The summed E-state index contributed by atoms with van der Waals surface area (Å²) in [6.45, 7) is 3.80. The van der Waals surface area contributed by atoms with Gasteiger partial charge in [0.15, 0.2) is 5.96 Å². The average molecular weight is 406 g/mol. The quantitative estimate of drug-likeness (QED) is 0.370. The predicted octanol–water partition coefficient (Wildman–Crippen LogP) is 1.25. The molecule has 152 valence electrons. The standard InChI is InChI=1S/C19H27N5O3S/c1-16-6-8-17(9-7-16)27-14-13-24(3)19(20-2)22-11-12-23-28(25,26)18-5-4-10-21-15-18/h4-10,15,23H,11-14H2,1-3H3,(H,20,22). The fourth-order valence-corrected chi connectivity index (χ4v) is 3.37. The minimum atomic E-state index is -3.56. The third kappa shape index (κ3) is 6.82. The maximum atomic E-state index is 12.1. The van der Waals surface area contributed by atoms with Crippen molar-refractivity contribution >= 4 is 16.0 Å². The molecule has 28 heavy (non-hydrogen) atoms. The van der Waals surface area contributed by atoms with E-state index >= 15 is 0 Å². The van der Waals surface area contributed by atoms with Crippen molar-refractivity contribution in [3.05, 3.63) is 54.4 Å². The summed E-state index contributed by atoms with van der Waals surface area (Å²) < 4.78 is 32.5. The minimum Gasteiger partial charge on any atom is -0.492 e. The lowest BCUT2D eigenvalue weighted by Gasteiger charge is -2.22. The number of sulfonamides is 1. The van der Waals surface area contributed by atoms with Gasteiger partial charge in [0.2, 0.25) is 10.0 Å².